The molecule has 0 unspecified atom stereocenters. The molecule has 1 aromatic carbocycles. The van der Waals surface area contributed by atoms with Gasteiger partial charge in [0.15, 0.2) is 0 Å². The molecule has 0 bridgehead atoms. The van der Waals surface area contributed by atoms with Crippen LogP contribution < -0.4 is 0 Å². The number of nitro groups is 1. The van der Waals surface area contributed by atoms with Gasteiger partial charge in [0.2, 0.25) is 0 Å². The molecule has 0 N–H and O–H groups in total. The quantitative estimate of drug-likeness (QED) is 0.537. The highest BCUT2D eigenvalue weighted by Gasteiger charge is 2.09. The fourth-order valence-corrected chi connectivity index (χ4v) is 1.26. The number of aromatic nitrogens is 1. The highest BCUT2D eigenvalue weighted by molar-refractivity contribution is 5.89. The summed E-state index contributed by atoms with van der Waals surface area (Å²) in [6.07, 6.45) is 3.16. The Kier molecular flexibility index (Phi) is 2.99. The topological polar surface area (TPSA) is 56.0 Å². The molecule has 4 nitrogen and oxygen atoms in total. The number of rotatable bonds is 1. The summed E-state index contributed by atoms with van der Waals surface area (Å²) < 4.78 is 0. The van der Waals surface area contributed by atoms with Crippen LogP contribution in [0.4, 0.5) is 5.69 Å². The number of hydrogen-bond acceptors (Lipinski definition) is 3. The van der Waals surface area contributed by atoms with Crippen molar-refractivity contribution in [2.24, 2.45) is 0 Å². The van der Waals surface area contributed by atoms with Gasteiger partial charge in [-0.2, -0.15) is 0 Å². The van der Waals surface area contributed by atoms with Gasteiger partial charge in [-0.05, 0) is 6.07 Å². The Bertz CT molecular complexity index is 468. The maximum atomic E-state index is 10.6. The van der Waals surface area contributed by atoms with Crippen LogP contribution in [0.5, 0.6) is 0 Å². The number of halogens is 1. The lowest BCUT2D eigenvalue weighted by Gasteiger charge is -1.96. The van der Waals surface area contributed by atoms with E-state index in [2.05, 4.69) is 4.98 Å². The van der Waals surface area contributed by atoms with Crippen molar-refractivity contribution >= 4 is 28.9 Å². The number of nitro benzene ring substituents is 1. The minimum Gasteiger partial charge on any atom is -0.264 e. The molecule has 0 atom stereocenters. The molecule has 1 aromatic heterocycles. The predicted molar refractivity (Wildman–Crippen MR) is 55.6 cm³/mol. The average Bonchev–Trinajstić information content (AvgIpc) is 2.17. The average molecular weight is 211 g/mol. The molecule has 0 fully saturated rings. The first kappa shape index (κ1) is 10.4. The van der Waals surface area contributed by atoms with Gasteiger partial charge in [0.25, 0.3) is 5.69 Å². The maximum absolute atomic E-state index is 10.6. The summed E-state index contributed by atoms with van der Waals surface area (Å²) in [5.41, 5.74) is 0.125. The van der Waals surface area contributed by atoms with Crippen molar-refractivity contribution in [1.82, 2.24) is 4.98 Å². The molecule has 1 heterocycles. The fourth-order valence-electron chi connectivity index (χ4n) is 1.26. The monoisotopic (exact) mass is 210 g/mol. The van der Waals surface area contributed by atoms with Crippen LogP contribution in [0.25, 0.3) is 10.8 Å². The third-order valence-corrected chi connectivity index (χ3v) is 1.85. The number of nitrogens with zero attached hydrogens (tertiary/aromatic N) is 2. The molecule has 0 aliphatic heterocycles. The highest BCUT2D eigenvalue weighted by Crippen LogP contribution is 2.23. The van der Waals surface area contributed by atoms with E-state index in [1.165, 1.54) is 6.07 Å². The summed E-state index contributed by atoms with van der Waals surface area (Å²) in [6.45, 7) is 0. The van der Waals surface area contributed by atoms with Gasteiger partial charge in [-0.1, -0.05) is 12.1 Å². The molecule has 2 rings (SSSR count). The molecule has 2 aromatic rings. The molecule has 0 spiro atoms. The molecular formula is C9H7ClN2O2. The zero-order valence-electron chi connectivity index (χ0n) is 7.08. The van der Waals surface area contributed by atoms with Crippen molar-refractivity contribution in [1.29, 1.82) is 0 Å². The highest BCUT2D eigenvalue weighted by atomic mass is 35.5. The van der Waals surface area contributed by atoms with Crippen molar-refractivity contribution in [3.8, 4) is 0 Å². The predicted octanol–water partition coefficient (Wildman–Crippen LogP) is 2.56. The molecule has 0 saturated heterocycles. The van der Waals surface area contributed by atoms with Crippen LogP contribution in [0.1, 0.15) is 0 Å². The van der Waals surface area contributed by atoms with Crippen LogP contribution in [0.2, 0.25) is 0 Å². The summed E-state index contributed by atoms with van der Waals surface area (Å²) in [5.74, 6) is 0. The Morgan fingerprint density at radius 3 is 2.79 bits per heavy atom. The molecular weight excluding hydrogens is 204 g/mol. The SMILES string of the molecule is Cl.O=[N+]([O-])c1cccc2cnccc12. The molecule has 5 heteroatoms. The number of pyridine rings is 1. The summed E-state index contributed by atoms with van der Waals surface area (Å²) in [7, 11) is 0. The number of hydrogen-bond donors (Lipinski definition) is 0. The number of benzene rings is 1. The minimum atomic E-state index is -0.387. The van der Waals surface area contributed by atoms with Crippen LogP contribution in [-0.4, -0.2) is 9.91 Å². The lowest BCUT2D eigenvalue weighted by Crippen LogP contribution is -1.88. The first-order valence-corrected chi connectivity index (χ1v) is 3.76. The van der Waals surface area contributed by atoms with Crippen molar-refractivity contribution in [2.75, 3.05) is 0 Å². The molecule has 14 heavy (non-hydrogen) atoms. The number of fused-ring (bicyclic) bond motifs is 1. The second kappa shape index (κ2) is 4.02. The molecule has 0 radical (unpaired) electrons. The maximum Gasteiger partial charge on any atom is 0.277 e. The number of non-ortho nitro benzene ring substituents is 1. The summed E-state index contributed by atoms with van der Waals surface area (Å²) in [5, 5.41) is 12.0. The summed E-state index contributed by atoms with van der Waals surface area (Å²) >= 11 is 0. The van der Waals surface area contributed by atoms with E-state index >= 15 is 0 Å². The van der Waals surface area contributed by atoms with Crippen molar-refractivity contribution < 1.29 is 4.92 Å². The van der Waals surface area contributed by atoms with Crippen molar-refractivity contribution in [3.05, 3.63) is 46.8 Å². The summed E-state index contributed by atoms with van der Waals surface area (Å²) in [4.78, 5) is 14.1. The first-order chi connectivity index (χ1) is 6.29. The molecule has 0 saturated carbocycles. The fraction of sp³-hybridized carbons (Fsp3) is 0. The van der Waals surface area contributed by atoms with Gasteiger partial charge in [0, 0.05) is 23.8 Å². The molecule has 0 aliphatic carbocycles. The van der Waals surface area contributed by atoms with Crippen LogP contribution in [0, 0.1) is 10.1 Å². The van der Waals surface area contributed by atoms with E-state index in [1.807, 2.05) is 0 Å². The van der Waals surface area contributed by atoms with E-state index < -0.39 is 0 Å². The largest absolute Gasteiger partial charge is 0.277 e. The van der Waals surface area contributed by atoms with E-state index in [4.69, 9.17) is 0 Å². The Labute approximate surface area is 86.1 Å². The van der Waals surface area contributed by atoms with Gasteiger partial charge in [-0.3, -0.25) is 15.1 Å². The smallest absolute Gasteiger partial charge is 0.264 e. The molecule has 0 aliphatic rings. The summed E-state index contributed by atoms with van der Waals surface area (Å²) in [6, 6.07) is 6.59. The normalized spacial score (nSPS) is 9.43. The standard InChI is InChI=1S/C9H6N2O2.ClH/c12-11(13)9-3-1-2-7-6-10-5-4-8(7)9;/h1-6H;1H. The van der Waals surface area contributed by atoms with E-state index in [-0.39, 0.29) is 23.0 Å². The van der Waals surface area contributed by atoms with Crippen LogP contribution in [-0.2, 0) is 0 Å². The molecule has 72 valence electrons. The van der Waals surface area contributed by atoms with E-state index in [0.29, 0.717) is 5.39 Å². The van der Waals surface area contributed by atoms with E-state index in [1.54, 1.807) is 30.6 Å². The van der Waals surface area contributed by atoms with Crippen LogP contribution >= 0.6 is 12.4 Å². The zero-order valence-corrected chi connectivity index (χ0v) is 7.90. The minimum absolute atomic E-state index is 0. The van der Waals surface area contributed by atoms with Crippen molar-refractivity contribution in [2.45, 2.75) is 0 Å². The Balaban J connectivity index is 0.000000980. The third kappa shape index (κ3) is 1.65. The lowest BCUT2D eigenvalue weighted by molar-refractivity contribution is -0.383. The van der Waals surface area contributed by atoms with Gasteiger partial charge in [0.1, 0.15) is 0 Å². The second-order valence-electron chi connectivity index (χ2n) is 2.63. The van der Waals surface area contributed by atoms with Crippen LogP contribution in [0.3, 0.4) is 0 Å². The lowest BCUT2D eigenvalue weighted by atomic mass is 10.1. The zero-order chi connectivity index (χ0) is 9.26. The van der Waals surface area contributed by atoms with Gasteiger partial charge in [0.05, 0.1) is 10.3 Å². The first-order valence-electron chi connectivity index (χ1n) is 3.76. The van der Waals surface area contributed by atoms with E-state index in [0.717, 1.165) is 5.39 Å². The van der Waals surface area contributed by atoms with Crippen molar-refractivity contribution in [3.63, 3.8) is 0 Å². The van der Waals surface area contributed by atoms with E-state index in [9.17, 15) is 10.1 Å². The molecule has 0 amide bonds. The second-order valence-corrected chi connectivity index (χ2v) is 2.63. The van der Waals surface area contributed by atoms with Gasteiger partial charge < -0.3 is 0 Å². The Morgan fingerprint density at radius 1 is 1.29 bits per heavy atom. The Morgan fingerprint density at radius 2 is 2.07 bits per heavy atom. The Hall–Kier alpha value is -1.68. The van der Waals surface area contributed by atoms with Gasteiger partial charge >= 0.3 is 0 Å². The third-order valence-electron chi connectivity index (χ3n) is 1.85. The van der Waals surface area contributed by atoms with Gasteiger partial charge in [-0.25, -0.2) is 0 Å². The van der Waals surface area contributed by atoms with Crippen LogP contribution in [0.15, 0.2) is 36.7 Å². The van der Waals surface area contributed by atoms with Gasteiger partial charge in [-0.15, -0.1) is 12.4 Å².